The first-order valence-electron chi connectivity index (χ1n) is 8.31. The van der Waals surface area contributed by atoms with Crippen LogP contribution < -0.4 is 10.1 Å². The van der Waals surface area contributed by atoms with E-state index in [0.29, 0.717) is 0 Å². The van der Waals surface area contributed by atoms with Gasteiger partial charge in [0.25, 0.3) is 5.91 Å². The molecule has 0 radical (unpaired) electrons. The lowest BCUT2D eigenvalue weighted by Crippen LogP contribution is -2.29. The van der Waals surface area contributed by atoms with Crippen LogP contribution in [0.25, 0.3) is 0 Å². The lowest BCUT2D eigenvalue weighted by Gasteiger charge is -2.13. The van der Waals surface area contributed by atoms with Crippen LogP contribution in [0, 0.1) is 0 Å². The van der Waals surface area contributed by atoms with Gasteiger partial charge in [0.05, 0.1) is 18.4 Å². The topological polar surface area (TPSA) is 59.9 Å². The van der Waals surface area contributed by atoms with E-state index in [-0.39, 0.29) is 24.7 Å². The Labute approximate surface area is 148 Å². The summed E-state index contributed by atoms with van der Waals surface area (Å²) in [5, 5.41) is 6.73. The Bertz CT molecular complexity index is 699. The molecule has 25 heavy (non-hydrogen) atoms. The molecule has 0 aliphatic rings. The average Bonchev–Trinajstić information content (AvgIpc) is 2.60. The molecule has 2 aromatic rings. The molecule has 0 spiro atoms. The Morgan fingerprint density at radius 1 is 1.08 bits per heavy atom. The number of hydrogen-bond donors (Lipinski definition) is 1. The normalized spacial score (nSPS) is 12.2. The first kappa shape index (κ1) is 18.5. The van der Waals surface area contributed by atoms with Gasteiger partial charge in [0.15, 0.2) is 6.61 Å². The molecule has 5 nitrogen and oxygen atoms in total. The van der Waals surface area contributed by atoms with Crippen LogP contribution in [0.2, 0.25) is 0 Å². The molecule has 0 heterocycles. The predicted octanol–water partition coefficient (Wildman–Crippen LogP) is 3.70. The lowest BCUT2D eigenvalue weighted by molar-refractivity contribution is -0.126. The quantitative estimate of drug-likeness (QED) is 0.589. The van der Waals surface area contributed by atoms with Crippen molar-refractivity contribution in [3.63, 3.8) is 0 Å². The van der Waals surface area contributed by atoms with Gasteiger partial charge in [-0.05, 0) is 38.5 Å². The van der Waals surface area contributed by atoms with Crippen molar-refractivity contribution < 1.29 is 14.4 Å². The van der Waals surface area contributed by atoms with E-state index in [1.807, 2.05) is 75.4 Å². The fourth-order valence-corrected chi connectivity index (χ4v) is 2.25. The van der Waals surface area contributed by atoms with Gasteiger partial charge in [-0.15, -0.1) is 0 Å². The van der Waals surface area contributed by atoms with Crippen LogP contribution in [0.3, 0.4) is 0 Å². The number of ether oxygens (including phenoxy) is 1. The zero-order chi connectivity index (χ0) is 18.1. The number of para-hydroxylation sites is 1. The zero-order valence-corrected chi connectivity index (χ0v) is 14.8. The summed E-state index contributed by atoms with van der Waals surface area (Å²) in [7, 11) is 0. The number of rotatable bonds is 8. The summed E-state index contributed by atoms with van der Waals surface area (Å²) in [4.78, 5) is 17.0. The minimum absolute atomic E-state index is 0.0701. The third kappa shape index (κ3) is 6.30. The average molecular weight is 340 g/mol. The number of benzene rings is 2. The Hall–Kier alpha value is -2.82. The van der Waals surface area contributed by atoms with E-state index in [0.717, 1.165) is 16.9 Å². The first-order chi connectivity index (χ1) is 12.1. The van der Waals surface area contributed by atoms with Gasteiger partial charge in [-0.2, -0.15) is 0 Å². The molecule has 0 saturated carbocycles. The van der Waals surface area contributed by atoms with Crippen LogP contribution in [0.4, 0.5) is 0 Å². The van der Waals surface area contributed by atoms with Gasteiger partial charge in [-0.3, -0.25) is 4.79 Å². The zero-order valence-electron chi connectivity index (χ0n) is 14.8. The molecule has 0 fully saturated rings. The van der Waals surface area contributed by atoms with Gasteiger partial charge < -0.3 is 14.9 Å². The van der Waals surface area contributed by atoms with Gasteiger partial charge in [0.2, 0.25) is 0 Å². The maximum atomic E-state index is 11.9. The van der Waals surface area contributed by atoms with E-state index in [1.165, 1.54) is 0 Å². The molecule has 0 saturated heterocycles. The maximum Gasteiger partial charge on any atom is 0.261 e. The molecule has 1 N–H and O–H groups in total. The van der Waals surface area contributed by atoms with Crippen molar-refractivity contribution in [1.82, 2.24) is 5.32 Å². The molecule has 132 valence electrons. The van der Waals surface area contributed by atoms with Crippen LogP contribution in [0.1, 0.15) is 37.9 Å². The van der Waals surface area contributed by atoms with E-state index in [9.17, 15) is 4.79 Å². The molecule has 2 aromatic carbocycles. The van der Waals surface area contributed by atoms with Crippen molar-refractivity contribution in [2.24, 2.45) is 5.16 Å². The minimum Gasteiger partial charge on any atom is -0.490 e. The summed E-state index contributed by atoms with van der Waals surface area (Å²) < 4.78 is 5.70. The molecule has 1 atom stereocenters. The van der Waals surface area contributed by atoms with E-state index < -0.39 is 0 Å². The molecule has 0 aromatic heterocycles. The fraction of sp³-hybridized carbons (Fsp3) is 0.300. The lowest BCUT2D eigenvalue weighted by atomic mass is 10.1. The standard InChI is InChI=1S/C20H24N2O3/c1-15(2)25-19-12-8-7-11-18(19)13-21-24-14-20(23)22-16(3)17-9-5-4-6-10-17/h4-13,15-16H,14H2,1-3H3,(H,22,23)/b21-13+. The summed E-state index contributed by atoms with van der Waals surface area (Å²) in [5.74, 6) is 0.507. The second-order valence-electron chi connectivity index (χ2n) is 5.91. The molecular weight excluding hydrogens is 316 g/mol. The van der Waals surface area contributed by atoms with Crippen LogP contribution in [-0.2, 0) is 9.63 Å². The molecular formula is C20H24N2O3. The Morgan fingerprint density at radius 3 is 2.48 bits per heavy atom. The number of oxime groups is 1. The largest absolute Gasteiger partial charge is 0.490 e. The van der Waals surface area contributed by atoms with Crippen LogP contribution in [0.15, 0.2) is 59.8 Å². The summed E-state index contributed by atoms with van der Waals surface area (Å²) in [6, 6.07) is 17.2. The molecule has 0 aliphatic heterocycles. The van der Waals surface area contributed by atoms with Crippen molar-refractivity contribution >= 4 is 12.1 Å². The van der Waals surface area contributed by atoms with Gasteiger partial charge in [0, 0.05) is 5.56 Å². The molecule has 1 unspecified atom stereocenters. The smallest absolute Gasteiger partial charge is 0.261 e. The number of carbonyl (C=O) groups is 1. The monoisotopic (exact) mass is 340 g/mol. The van der Waals surface area contributed by atoms with Crippen LogP contribution in [-0.4, -0.2) is 24.8 Å². The highest BCUT2D eigenvalue weighted by Gasteiger charge is 2.09. The third-order valence-electron chi connectivity index (χ3n) is 3.42. The molecule has 5 heteroatoms. The van der Waals surface area contributed by atoms with Gasteiger partial charge in [0.1, 0.15) is 5.75 Å². The van der Waals surface area contributed by atoms with Gasteiger partial charge >= 0.3 is 0 Å². The number of carbonyl (C=O) groups excluding carboxylic acids is 1. The second kappa shape index (κ2) is 9.47. The predicted molar refractivity (Wildman–Crippen MR) is 98.8 cm³/mol. The highest BCUT2D eigenvalue weighted by molar-refractivity contribution is 5.83. The van der Waals surface area contributed by atoms with Crippen molar-refractivity contribution in [3.8, 4) is 5.75 Å². The molecule has 1 amide bonds. The van der Waals surface area contributed by atoms with Crippen molar-refractivity contribution in [3.05, 3.63) is 65.7 Å². The molecule has 0 bridgehead atoms. The van der Waals surface area contributed by atoms with Crippen LogP contribution >= 0.6 is 0 Å². The van der Waals surface area contributed by atoms with E-state index in [1.54, 1.807) is 6.21 Å². The fourth-order valence-electron chi connectivity index (χ4n) is 2.25. The highest BCUT2D eigenvalue weighted by atomic mass is 16.6. The highest BCUT2D eigenvalue weighted by Crippen LogP contribution is 2.17. The number of amides is 1. The Morgan fingerprint density at radius 2 is 1.76 bits per heavy atom. The number of nitrogens with zero attached hydrogens (tertiary/aromatic N) is 1. The summed E-state index contributed by atoms with van der Waals surface area (Å²) in [5.41, 5.74) is 1.84. The first-order valence-corrected chi connectivity index (χ1v) is 8.31. The second-order valence-corrected chi connectivity index (χ2v) is 5.91. The summed E-state index contributed by atoms with van der Waals surface area (Å²) in [6.07, 6.45) is 1.62. The van der Waals surface area contributed by atoms with Crippen LogP contribution in [0.5, 0.6) is 5.75 Å². The molecule has 2 rings (SSSR count). The minimum atomic E-state index is -0.222. The Balaban J connectivity index is 1.82. The summed E-state index contributed by atoms with van der Waals surface area (Å²) >= 11 is 0. The molecule has 0 aliphatic carbocycles. The van der Waals surface area contributed by atoms with Gasteiger partial charge in [-0.25, -0.2) is 0 Å². The Kier molecular flexibility index (Phi) is 7.01. The van der Waals surface area contributed by atoms with E-state index >= 15 is 0 Å². The van der Waals surface area contributed by atoms with E-state index in [2.05, 4.69) is 10.5 Å². The number of hydrogen-bond acceptors (Lipinski definition) is 4. The van der Waals surface area contributed by atoms with E-state index in [4.69, 9.17) is 9.57 Å². The van der Waals surface area contributed by atoms with Gasteiger partial charge in [-0.1, -0.05) is 47.6 Å². The van der Waals surface area contributed by atoms with Crippen molar-refractivity contribution in [2.45, 2.75) is 32.9 Å². The van der Waals surface area contributed by atoms with Crippen molar-refractivity contribution in [1.29, 1.82) is 0 Å². The number of nitrogens with one attached hydrogen (secondary N) is 1. The SMILES string of the molecule is CC(C)Oc1ccccc1/C=N/OCC(=O)NC(C)c1ccccc1. The third-order valence-corrected chi connectivity index (χ3v) is 3.42. The maximum absolute atomic E-state index is 11.9. The summed E-state index contributed by atoms with van der Waals surface area (Å²) in [6.45, 7) is 5.71. The van der Waals surface area contributed by atoms with Crippen molar-refractivity contribution in [2.75, 3.05) is 6.61 Å².